The third kappa shape index (κ3) is 7.58. The predicted molar refractivity (Wildman–Crippen MR) is 86.7 cm³/mol. The van der Waals surface area contributed by atoms with Gasteiger partial charge in [-0.2, -0.15) is 0 Å². The van der Waals surface area contributed by atoms with Crippen LogP contribution in [0.2, 0.25) is 0 Å². The topological polar surface area (TPSA) is 21.3 Å². The minimum absolute atomic E-state index is 0.0562. The van der Waals surface area contributed by atoms with Crippen LogP contribution >= 0.6 is 0 Å². The Morgan fingerprint density at radius 3 is 2.62 bits per heavy atom. The summed E-state index contributed by atoms with van der Waals surface area (Å²) in [6.45, 7) is 12.5. The molecule has 0 saturated carbocycles. The summed E-state index contributed by atoms with van der Waals surface area (Å²) < 4.78 is 19.5. The molecule has 120 valence electrons. The molecule has 1 aromatic carbocycles. The fourth-order valence-corrected chi connectivity index (χ4v) is 2.16. The molecular formula is C18H30FNO. The van der Waals surface area contributed by atoms with Crippen LogP contribution in [0, 0.1) is 11.7 Å². The van der Waals surface area contributed by atoms with Crippen LogP contribution in [0.4, 0.5) is 4.39 Å². The van der Waals surface area contributed by atoms with E-state index < -0.39 is 0 Å². The Morgan fingerprint density at radius 1 is 1.29 bits per heavy atom. The molecule has 0 radical (unpaired) electrons. The van der Waals surface area contributed by atoms with E-state index in [1.165, 1.54) is 6.07 Å². The van der Waals surface area contributed by atoms with Gasteiger partial charge in [-0.15, -0.1) is 0 Å². The summed E-state index contributed by atoms with van der Waals surface area (Å²) in [6.07, 6.45) is 2.31. The van der Waals surface area contributed by atoms with E-state index in [-0.39, 0.29) is 11.4 Å². The van der Waals surface area contributed by atoms with Crippen LogP contribution in [0.15, 0.2) is 18.2 Å². The maximum Gasteiger partial charge on any atom is 0.128 e. The first kappa shape index (κ1) is 18.1. The van der Waals surface area contributed by atoms with Gasteiger partial charge >= 0.3 is 0 Å². The summed E-state index contributed by atoms with van der Waals surface area (Å²) in [5.41, 5.74) is 1.79. The van der Waals surface area contributed by atoms with E-state index in [1.807, 2.05) is 12.1 Å². The highest BCUT2D eigenvalue weighted by molar-refractivity contribution is 5.24. The summed E-state index contributed by atoms with van der Waals surface area (Å²) in [6, 6.07) is 5.27. The lowest BCUT2D eigenvalue weighted by Crippen LogP contribution is -2.35. The molecule has 1 unspecified atom stereocenters. The molecule has 0 saturated heterocycles. The summed E-state index contributed by atoms with van der Waals surface area (Å²) in [7, 11) is 0. The predicted octanol–water partition coefficient (Wildman–Crippen LogP) is 4.67. The maximum absolute atomic E-state index is 13.8. The van der Waals surface area contributed by atoms with Crippen LogP contribution in [0.25, 0.3) is 0 Å². The normalized spacial score (nSPS) is 13.4. The molecule has 0 aliphatic rings. The number of benzene rings is 1. The van der Waals surface area contributed by atoms with Gasteiger partial charge in [-0.25, -0.2) is 4.39 Å². The van der Waals surface area contributed by atoms with Gasteiger partial charge < -0.3 is 10.1 Å². The standard InChI is InChI=1S/C18H30FNO/c1-6-7-14(2)12-21-13-16-10-15(8-9-17(16)19)11-20-18(3,4)5/h8-10,14,20H,6-7,11-13H2,1-5H3. The number of ether oxygens (including phenoxy) is 1. The van der Waals surface area contributed by atoms with E-state index in [0.29, 0.717) is 24.7 Å². The first-order valence-corrected chi connectivity index (χ1v) is 7.92. The maximum atomic E-state index is 13.8. The number of hydrogen-bond donors (Lipinski definition) is 1. The van der Waals surface area contributed by atoms with Crippen molar-refractivity contribution >= 4 is 0 Å². The van der Waals surface area contributed by atoms with E-state index in [4.69, 9.17) is 4.74 Å². The van der Waals surface area contributed by atoms with Crippen molar-refractivity contribution in [3.63, 3.8) is 0 Å². The minimum atomic E-state index is -0.183. The molecule has 0 amide bonds. The Labute approximate surface area is 129 Å². The molecule has 2 nitrogen and oxygen atoms in total. The number of halogens is 1. The molecule has 0 bridgehead atoms. The average Bonchev–Trinajstić information content (AvgIpc) is 2.39. The molecule has 0 aliphatic heterocycles. The third-order valence-electron chi connectivity index (χ3n) is 3.37. The van der Waals surface area contributed by atoms with Crippen molar-refractivity contribution in [2.45, 2.75) is 66.2 Å². The van der Waals surface area contributed by atoms with Crippen molar-refractivity contribution in [3.8, 4) is 0 Å². The smallest absolute Gasteiger partial charge is 0.128 e. The highest BCUT2D eigenvalue weighted by Gasteiger charge is 2.10. The molecular weight excluding hydrogens is 265 g/mol. The van der Waals surface area contributed by atoms with E-state index in [1.54, 1.807) is 0 Å². The Kier molecular flexibility index (Phi) is 7.33. The van der Waals surface area contributed by atoms with E-state index in [0.717, 1.165) is 24.9 Å². The quantitative estimate of drug-likeness (QED) is 0.752. The summed E-state index contributed by atoms with van der Waals surface area (Å²) in [4.78, 5) is 0. The number of nitrogens with one attached hydrogen (secondary N) is 1. The van der Waals surface area contributed by atoms with Crippen molar-refractivity contribution < 1.29 is 9.13 Å². The van der Waals surface area contributed by atoms with Gasteiger partial charge in [0.2, 0.25) is 0 Å². The Morgan fingerprint density at radius 2 is 2.00 bits per heavy atom. The van der Waals surface area contributed by atoms with Gasteiger partial charge in [0, 0.05) is 24.3 Å². The highest BCUT2D eigenvalue weighted by Crippen LogP contribution is 2.14. The molecule has 1 aromatic rings. The van der Waals surface area contributed by atoms with Crippen LogP contribution < -0.4 is 5.32 Å². The molecule has 0 aromatic heterocycles. The highest BCUT2D eigenvalue weighted by atomic mass is 19.1. The van der Waals surface area contributed by atoms with Gasteiger partial charge in [-0.05, 0) is 50.8 Å². The van der Waals surface area contributed by atoms with Gasteiger partial charge in [-0.3, -0.25) is 0 Å². The zero-order chi connectivity index (χ0) is 15.9. The molecule has 1 rings (SSSR count). The largest absolute Gasteiger partial charge is 0.376 e. The van der Waals surface area contributed by atoms with Crippen LogP contribution in [-0.4, -0.2) is 12.1 Å². The van der Waals surface area contributed by atoms with Crippen molar-refractivity contribution in [2.75, 3.05) is 6.61 Å². The zero-order valence-electron chi connectivity index (χ0n) is 14.1. The van der Waals surface area contributed by atoms with E-state index in [2.05, 4.69) is 39.9 Å². The van der Waals surface area contributed by atoms with Crippen molar-refractivity contribution in [1.29, 1.82) is 0 Å². The lowest BCUT2D eigenvalue weighted by Gasteiger charge is -2.21. The van der Waals surface area contributed by atoms with Gasteiger partial charge in [-0.1, -0.05) is 26.3 Å². The second-order valence-electron chi connectivity index (χ2n) is 6.94. The number of rotatable bonds is 8. The Balaban J connectivity index is 2.53. The fourth-order valence-electron chi connectivity index (χ4n) is 2.16. The third-order valence-corrected chi connectivity index (χ3v) is 3.37. The monoisotopic (exact) mass is 295 g/mol. The molecule has 0 spiro atoms. The first-order chi connectivity index (χ1) is 9.81. The van der Waals surface area contributed by atoms with Crippen LogP contribution in [0.5, 0.6) is 0 Å². The van der Waals surface area contributed by atoms with E-state index in [9.17, 15) is 4.39 Å². The first-order valence-electron chi connectivity index (χ1n) is 7.92. The molecule has 1 atom stereocenters. The lowest BCUT2D eigenvalue weighted by atomic mass is 10.1. The van der Waals surface area contributed by atoms with Crippen molar-refractivity contribution in [2.24, 2.45) is 5.92 Å². The van der Waals surface area contributed by atoms with Crippen LogP contribution in [0.1, 0.15) is 58.6 Å². The Bertz CT molecular complexity index is 426. The van der Waals surface area contributed by atoms with Crippen molar-refractivity contribution in [1.82, 2.24) is 5.32 Å². The molecule has 0 aliphatic carbocycles. The second-order valence-corrected chi connectivity index (χ2v) is 6.94. The lowest BCUT2D eigenvalue weighted by molar-refractivity contribution is 0.0874. The molecule has 21 heavy (non-hydrogen) atoms. The molecule has 0 heterocycles. The van der Waals surface area contributed by atoms with Crippen molar-refractivity contribution in [3.05, 3.63) is 35.1 Å². The van der Waals surface area contributed by atoms with Crippen LogP contribution in [0.3, 0.4) is 0 Å². The Hall–Kier alpha value is -0.930. The second kappa shape index (κ2) is 8.50. The molecule has 3 heteroatoms. The minimum Gasteiger partial charge on any atom is -0.376 e. The fraction of sp³-hybridized carbons (Fsp3) is 0.667. The zero-order valence-corrected chi connectivity index (χ0v) is 14.1. The van der Waals surface area contributed by atoms with Gasteiger partial charge in [0.15, 0.2) is 0 Å². The summed E-state index contributed by atoms with van der Waals surface area (Å²) in [5, 5.41) is 3.41. The molecule has 1 N–H and O–H groups in total. The van der Waals surface area contributed by atoms with Crippen LogP contribution in [-0.2, 0) is 17.9 Å². The van der Waals surface area contributed by atoms with Gasteiger partial charge in [0.05, 0.1) is 6.61 Å². The van der Waals surface area contributed by atoms with Gasteiger partial charge in [0.25, 0.3) is 0 Å². The van der Waals surface area contributed by atoms with Gasteiger partial charge in [0.1, 0.15) is 5.82 Å². The SMILES string of the molecule is CCCC(C)COCc1cc(CNC(C)(C)C)ccc1F. The average molecular weight is 295 g/mol. The summed E-state index contributed by atoms with van der Waals surface area (Å²) >= 11 is 0. The number of hydrogen-bond acceptors (Lipinski definition) is 2. The summed E-state index contributed by atoms with van der Waals surface area (Å²) in [5.74, 6) is 0.349. The van der Waals surface area contributed by atoms with E-state index >= 15 is 0 Å². The molecule has 0 fully saturated rings.